The molecule has 0 heterocycles. The predicted octanol–water partition coefficient (Wildman–Crippen LogP) is 3.92. The predicted molar refractivity (Wildman–Crippen MR) is 125 cm³/mol. The lowest BCUT2D eigenvalue weighted by Gasteiger charge is -2.32. The SMILES string of the molecule is Cc1cccc(C)c1OCC(=O)N[C@H]1CCCC[C@H]1NC(=O)COc1c(C)cccc1C. The largest absolute Gasteiger partial charge is 0.483 e. The molecule has 6 nitrogen and oxygen atoms in total. The Bertz CT molecular complexity index is 839. The molecular weight excluding hydrogens is 404 g/mol. The van der Waals surface area contributed by atoms with E-state index in [0.717, 1.165) is 59.4 Å². The van der Waals surface area contributed by atoms with Gasteiger partial charge in [-0.3, -0.25) is 9.59 Å². The van der Waals surface area contributed by atoms with Gasteiger partial charge >= 0.3 is 0 Å². The second-order valence-electron chi connectivity index (χ2n) is 8.65. The maximum absolute atomic E-state index is 12.6. The second kappa shape index (κ2) is 11.0. The Labute approximate surface area is 190 Å². The molecule has 0 radical (unpaired) electrons. The van der Waals surface area contributed by atoms with Crippen molar-refractivity contribution in [2.24, 2.45) is 0 Å². The summed E-state index contributed by atoms with van der Waals surface area (Å²) in [6.45, 7) is 7.78. The average Bonchev–Trinajstić information content (AvgIpc) is 2.74. The van der Waals surface area contributed by atoms with Gasteiger partial charge in [0.2, 0.25) is 0 Å². The van der Waals surface area contributed by atoms with Crippen LogP contribution in [0.25, 0.3) is 0 Å². The van der Waals surface area contributed by atoms with Crippen LogP contribution in [-0.2, 0) is 9.59 Å². The van der Waals surface area contributed by atoms with Crippen LogP contribution >= 0.6 is 0 Å². The fourth-order valence-corrected chi connectivity index (χ4v) is 4.30. The number of rotatable bonds is 8. The molecule has 0 unspecified atom stereocenters. The lowest BCUT2D eigenvalue weighted by Crippen LogP contribution is -2.54. The topological polar surface area (TPSA) is 76.7 Å². The average molecular weight is 439 g/mol. The van der Waals surface area contributed by atoms with E-state index in [1.807, 2.05) is 64.1 Å². The van der Waals surface area contributed by atoms with Crippen molar-refractivity contribution in [2.45, 2.75) is 65.5 Å². The quantitative estimate of drug-likeness (QED) is 0.655. The first-order valence-electron chi connectivity index (χ1n) is 11.3. The van der Waals surface area contributed by atoms with Crippen molar-refractivity contribution in [1.29, 1.82) is 0 Å². The molecule has 3 rings (SSSR count). The number of para-hydroxylation sites is 2. The molecular formula is C26H34N2O4. The first-order valence-corrected chi connectivity index (χ1v) is 11.3. The molecule has 2 aromatic rings. The van der Waals surface area contributed by atoms with E-state index in [1.54, 1.807) is 0 Å². The van der Waals surface area contributed by atoms with Crippen molar-refractivity contribution < 1.29 is 19.1 Å². The monoisotopic (exact) mass is 438 g/mol. The van der Waals surface area contributed by atoms with E-state index in [0.29, 0.717) is 0 Å². The summed E-state index contributed by atoms with van der Waals surface area (Å²) < 4.78 is 11.6. The Kier molecular flexibility index (Phi) is 8.14. The van der Waals surface area contributed by atoms with Crippen LogP contribution in [0.1, 0.15) is 47.9 Å². The lowest BCUT2D eigenvalue weighted by atomic mass is 9.90. The molecule has 1 aliphatic carbocycles. The third-order valence-corrected chi connectivity index (χ3v) is 5.97. The number of hydrogen-bond acceptors (Lipinski definition) is 4. The highest BCUT2D eigenvalue weighted by Gasteiger charge is 2.28. The number of nitrogens with one attached hydrogen (secondary N) is 2. The number of benzene rings is 2. The zero-order valence-electron chi connectivity index (χ0n) is 19.5. The summed E-state index contributed by atoms with van der Waals surface area (Å²) in [5.41, 5.74) is 4.02. The number of amides is 2. The fourth-order valence-electron chi connectivity index (χ4n) is 4.30. The second-order valence-corrected chi connectivity index (χ2v) is 8.65. The Morgan fingerprint density at radius 2 is 1.06 bits per heavy atom. The van der Waals surface area contributed by atoms with Crippen LogP contribution in [0.3, 0.4) is 0 Å². The Balaban J connectivity index is 1.51. The minimum Gasteiger partial charge on any atom is -0.483 e. The first-order chi connectivity index (χ1) is 15.3. The molecule has 2 amide bonds. The minimum absolute atomic E-state index is 0.0431. The Morgan fingerprint density at radius 1 is 0.719 bits per heavy atom. The van der Waals surface area contributed by atoms with Crippen molar-refractivity contribution in [3.63, 3.8) is 0 Å². The molecule has 172 valence electrons. The molecule has 0 bridgehead atoms. The first kappa shape index (κ1) is 23.6. The van der Waals surface area contributed by atoms with E-state index in [4.69, 9.17) is 9.47 Å². The van der Waals surface area contributed by atoms with Crippen molar-refractivity contribution >= 4 is 11.8 Å². The van der Waals surface area contributed by atoms with Crippen LogP contribution in [0.4, 0.5) is 0 Å². The maximum Gasteiger partial charge on any atom is 0.258 e. The van der Waals surface area contributed by atoms with Gasteiger partial charge in [0.05, 0.1) is 0 Å². The van der Waals surface area contributed by atoms with Crippen LogP contribution in [-0.4, -0.2) is 37.1 Å². The third kappa shape index (κ3) is 6.25. The van der Waals surface area contributed by atoms with Gasteiger partial charge in [-0.25, -0.2) is 0 Å². The van der Waals surface area contributed by atoms with Gasteiger partial charge in [0, 0.05) is 12.1 Å². The van der Waals surface area contributed by atoms with Crippen molar-refractivity contribution in [1.82, 2.24) is 10.6 Å². The molecule has 2 atom stereocenters. The van der Waals surface area contributed by atoms with Crippen LogP contribution in [0.15, 0.2) is 36.4 Å². The molecule has 0 aliphatic heterocycles. The van der Waals surface area contributed by atoms with E-state index in [1.165, 1.54) is 0 Å². The number of carbonyl (C=O) groups is 2. The van der Waals surface area contributed by atoms with Crippen LogP contribution in [0.2, 0.25) is 0 Å². The van der Waals surface area contributed by atoms with Gasteiger partial charge in [-0.05, 0) is 62.8 Å². The highest BCUT2D eigenvalue weighted by molar-refractivity contribution is 5.79. The van der Waals surface area contributed by atoms with Crippen LogP contribution in [0.5, 0.6) is 11.5 Å². The van der Waals surface area contributed by atoms with E-state index < -0.39 is 0 Å². The van der Waals surface area contributed by atoms with E-state index >= 15 is 0 Å². The summed E-state index contributed by atoms with van der Waals surface area (Å²) in [6.07, 6.45) is 3.71. The molecule has 1 aliphatic rings. The number of aryl methyl sites for hydroxylation is 4. The fraction of sp³-hybridized carbons (Fsp3) is 0.462. The van der Waals surface area contributed by atoms with Gasteiger partial charge in [-0.1, -0.05) is 49.2 Å². The Morgan fingerprint density at radius 3 is 1.41 bits per heavy atom. The third-order valence-electron chi connectivity index (χ3n) is 5.97. The summed E-state index contributed by atoms with van der Waals surface area (Å²) in [5.74, 6) is 1.15. The number of hydrogen-bond donors (Lipinski definition) is 2. The summed E-state index contributed by atoms with van der Waals surface area (Å²) in [4.78, 5) is 25.1. The number of carbonyl (C=O) groups excluding carboxylic acids is 2. The van der Waals surface area contributed by atoms with Crippen molar-refractivity contribution in [3.05, 3.63) is 58.7 Å². The molecule has 2 N–H and O–H groups in total. The van der Waals surface area contributed by atoms with Crippen LogP contribution in [0, 0.1) is 27.7 Å². The maximum atomic E-state index is 12.6. The zero-order chi connectivity index (χ0) is 23.1. The summed E-state index contributed by atoms with van der Waals surface area (Å²) in [7, 11) is 0. The summed E-state index contributed by atoms with van der Waals surface area (Å²) in [5, 5.41) is 6.11. The number of ether oxygens (including phenoxy) is 2. The highest BCUT2D eigenvalue weighted by atomic mass is 16.5. The lowest BCUT2D eigenvalue weighted by molar-refractivity contribution is -0.127. The normalized spacial score (nSPS) is 18.0. The van der Waals surface area contributed by atoms with Gasteiger partial charge in [-0.15, -0.1) is 0 Å². The van der Waals surface area contributed by atoms with Gasteiger partial charge in [0.1, 0.15) is 11.5 Å². The van der Waals surface area contributed by atoms with Gasteiger partial charge < -0.3 is 20.1 Å². The van der Waals surface area contributed by atoms with Gasteiger partial charge in [-0.2, -0.15) is 0 Å². The standard InChI is InChI=1S/C26H34N2O4/c1-17-9-7-10-18(2)25(17)31-15-23(29)27-21-13-5-6-14-22(21)28-24(30)16-32-26-19(3)11-8-12-20(26)4/h7-12,21-22H,5-6,13-16H2,1-4H3,(H,27,29)(H,28,30)/t21-,22+. The molecule has 0 aromatic heterocycles. The molecule has 2 aromatic carbocycles. The van der Waals surface area contributed by atoms with Crippen molar-refractivity contribution in [3.8, 4) is 11.5 Å². The highest BCUT2D eigenvalue weighted by Crippen LogP contribution is 2.24. The molecule has 0 spiro atoms. The smallest absolute Gasteiger partial charge is 0.258 e. The molecule has 0 saturated heterocycles. The minimum atomic E-state index is -0.175. The summed E-state index contributed by atoms with van der Waals surface area (Å²) >= 11 is 0. The Hall–Kier alpha value is -3.02. The van der Waals surface area contributed by atoms with Gasteiger partial charge in [0.15, 0.2) is 13.2 Å². The van der Waals surface area contributed by atoms with Crippen LogP contribution < -0.4 is 20.1 Å². The molecule has 1 fully saturated rings. The molecule has 1 saturated carbocycles. The zero-order valence-corrected chi connectivity index (χ0v) is 19.5. The van der Waals surface area contributed by atoms with Crippen molar-refractivity contribution in [2.75, 3.05) is 13.2 Å². The van der Waals surface area contributed by atoms with E-state index in [-0.39, 0.29) is 37.1 Å². The van der Waals surface area contributed by atoms with E-state index in [9.17, 15) is 9.59 Å². The molecule has 32 heavy (non-hydrogen) atoms. The van der Waals surface area contributed by atoms with Gasteiger partial charge in [0.25, 0.3) is 11.8 Å². The van der Waals surface area contributed by atoms with E-state index in [2.05, 4.69) is 10.6 Å². The summed E-state index contributed by atoms with van der Waals surface area (Å²) in [6, 6.07) is 11.6. The molecule has 6 heteroatoms.